The van der Waals surface area contributed by atoms with Gasteiger partial charge < -0.3 is 15.0 Å². The molecule has 2 N–H and O–H groups in total. The van der Waals surface area contributed by atoms with Crippen molar-refractivity contribution in [2.75, 3.05) is 40.4 Å². The van der Waals surface area contributed by atoms with E-state index in [1.165, 1.54) is 12.1 Å². The van der Waals surface area contributed by atoms with E-state index in [1.54, 1.807) is 25.4 Å². The third kappa shape index (κ3) is 5.70. The number of nitrogens with one attached hydrogen (secondary N) is 2. The zero-order valence-electron chi connectivity index (χ0n) is 13.6. The molecule has 1 heterocycles. The first kappa shape index (κ1) is 17.5. The molecule has 0 aliphatic carbocycles. The van der Waals surface area contributed by atoms with Gasteiger partial charge in [-0.15, -0.1) is 0 Å². The summed E-state index contributed by atoms with van der Waals surface area (Å²) in [7, 11) is 3.80. The van der Waals surface area contributed by atoms with Crippen LogP contribution in [0.5, 0.6) is 0 Å². The Kier molecular flexibility index (Phi) is 7.12. The van der Waals surface area contributed by atoms with Crippen molar-refractivity contribution >= 4 is 0 Å². The molecule has 6 nitrogen and oxygen atoms in total. The van der Waals surface area contributed by atoms with E-state index >= 15 is 0 Å². The maximum atomic E-state index is 13.1. The number of hydrogen-bond donors (Lipinski definition) is 2. The van der Waals surface area contributed by atoms with E-state index in [-0.39, 0.29) is 11.9 Å². The van der Waals surface area contributed by atoms with Gasteiger partial charge in [-0.1, -0.05) is 12.1 Å². The minimum Gasteiger partial charge on any atom is -0.385 e. The van der Waals surface area contributed by atoms with Crippen LogP contribution in [0.4, 0.5) is 4.39 Å². The summed E-state index contributed by atoms with van der Waals surface area (Å²) in [6.45, 7) is 3.45. The molecule has 0 aliphatic rings. The van der Waals surface area contributed by atoms with Crippen LogP contribution in [0.2, 0.25) is 0 Å². The third-order valence-electron chi connectivity index (χ3n) is 3.66. The molecular formula is C16H24FN5O. The zero-order chi connectivity index (χ0) is 16.5. The van der Waals surface area contributed by atoms with E-state index < -0.39 is 0 Å². The SMILES string of the molecule is COCCCN(C)CCNC(c1ccc(F)cc1)c1cn[nH]n1. The predicted octanol–water partition coefficient (Wildman–Crippen LogP) is 1.59. The number of likely N-dealkylation sites (N-methyl/N-ethyl adjacent to an activating group) is 1. The standard InChI is InChI=1S/C16H24FN5O/c1-22(9-3-11-23-2)10-8-18-16(15-12-19-21-20-15)13-4-6-14(17)7-5-13/h4-7,12,16,18H,3,8-11H2,1-2H3,(H,19,20,21). The minimum atomic E-state index is -0.245. The van der Waals surface area contributed by atoms with E-state index in [9.17, 15) is 4.39 Å². The van der Waals surface area contributed by atoms with Gasteiger partial charge in [-0.2, -0.15) is 15.4 Å². The van der Waals surface area contributed by atoms with E-state index in [0.717, 1.165) is 43.9 Å². The molecule has 0 fully saturated rings. The van der Waals surface area contributed by atoms with E-state index in [0.29, 0.717) is 0 Å². The van der Waals surface area contributed by atoms with Gasteiger partial charge in [0.05, 0.1) is 12.2 Å². The average molecular weight is 321 g/mol. The summed E-state index contributed by atoms with van der Waals surface area (Å²) in [4.78, 5) is 2.25. The molecule has 0 saturated carbocycles. The Balaban J connectivity index is 1.90. The molecule has 0 bridgehead atoms. The van der Waals surface area contributed by atoms with Crippen LogP contribution >= 0.6 is 0 Å². The summed E-state index contributed by atoms with van der Waals surface area (Å²) in [6, 6.07) is 6.34. The van der Waals surface area contributed by atoms with Crippen molar-refractivity contribution in [1.82, 2.24) is 25.6 Å². The van der Waals surface area contributed by atoms with Crippen LogP contribution in [0.15, 0.2) is 30.5 Å². The quantitative estimate of drug-likeness (QED) is 0.651. The van der Waals surface area contributed by atoms with Gasteiger partial charge in [-0.3, -0.25) is 0 Å². The molecular weight excluding hydrogens is 297 g/mol. The number of methoxy groups -OCH3 is 1. The van der Waals surface area contributed by atoms with Crippen molar-refractivity contribution in [2.45, 2.75) is 12.5 Å². The van der Waals surface area contributed by atoms with Gasteiger partial charge in [0.1, 0.15) is 11.5 Å². The second-order valence-electron chi connectivity index (χ2n) is 5.48. The van der Waals surface area contributed by atoms with Crippen LogP contribution < -0.4 is 5.32 Å². The topological polar surface area (TPSA) is 66.1 Å². The van der Waals surface area contributed by atoms with Crippen molar-refractivity contribution in [1.29, 1.82) is 0 Å². The van der Waals surface area contributed by atoms with Crippen LogP contribution in [-0.2, 0) is 4.74 Å². The highest BCUT2D eigenvalue weighted by atomic mass is 19.1. The van der Waals surface area contributed by atoms with Gasteiger partial charge in [0.2, 0.25) is 0 Å². The number of hydrogen-bond acceptors (Lipinski definition) is 5. The largest absolute Gasteiger partial charge is 0.385 e. The van der Waals surface area contributed by atoms with Crippen molar-refractivity contribution in [3.63, 3.8) is 0 Å². The second-order valence-corrected chi connectivity index (χ2v) is 5.48. The minimum absolute atomic E-state index is 0.110. The number of aromatic nitrogens is 3. The first-order valence-corrected chi connectivity index (χ1v) is 7.72. The lowest BCUT2D eigenvalue weighted by Gasteiger charge is -2.20. The summed E-state index contributed by atoms with van der Waals surface area (Å²) in [5, 5.41) is 14.1. The highest BCUT2D eigenvalue weighted by molar-refractivity contribution is 5.26. The monoisotopic (exact) mass is 321 g/mol. The number of benzene rings is 1. The number of nitrogens with zero attached hydrogens (tertiary/aromatic N) is 3. The average Bonchev–Trinajstić information content (AvgIpc) is 3.07. The molecule has 1 aromatic carbocycles. The molecule has 2 rings (SSSR count). The van der Waals surface area contributed by atoms with Gasteiger partial charge in [0.25, 0.3) is 0 Å². The molecule has 1 unspecified atom stereocenters. The Bertz CT molecular complexity index is 546. The molecule has 23 heavy (non-hydrogen) atoms. The number of rotatable bonds is 10. The maximum absolute atomic E-state index is 13.1. The second kappa shape index (κ2) is 9.34. The Hall–Kier alpha value is -1.83. The first-order valence-electron chi connectivity index (χ1n) is 7.72. The number of halogens is 1. The van der Waals surface area contributed by atoms with Crippen LogP contribution in [0.25, 0.3) is 0 Å². The predicted molar refractivity (Wildman–Crippen MR) is 86.6 cm³/mol. The summed E-state index contributed by atoms with van der Waals surface area (Å²) >= 11 is 0. The fourth-order valence-electron chi connectivity index (χ4n) is 2.39. The third-order valence-corrected chi connectivity index (χ3v) is 3.66. The Labute approximate surface area is 136 Å². The van der Waals surface area contributed by atoms with Crippen LogP contribution in [0.1, 0.15) is 23.7 Å². The zero-order valence-corrected chi connectivity index (χ0v) is 13.6. The Morgan fingerprint density at radius 1 is 1.30 bits per heavy atom. The van der Waals surface area contributed by atoms with Crippen molar-refractivity contribution < 1.29 is 9.13 Å². The molecule has 0 amide bonds. The number of ether oxygens (including phenoxy) is 1. The van der Waals surface area contributed by atoms with Crippen LogP contribution in [0, 0.1) is 5.82 Å². The van der Waals surface area contributed by atoms with Crippen LogP contribution in [0.3, 0.4) is 0 Å². The Morgan fingerprint density at radius 3 is 2.74 bits per heavy atom. The normalized spacial score (nSPS) is 12.7. The lowest BCUT2D eigenvalue weighted by atomic mass is 10.0. The van der Waals surface area contributed by atoms with E-state index in [1.807, 2.05) is 0 Å². The molecule has 1 atom stereocenters. The molecule has 0 spiro atoms. The molecule has 0 saturated heterocycles. The Morgan fingerprint density at radius 2 is 2.09 bits per heavy atom. The smallest absolute Gasteiger partial charge is 0.123 e. The van der Waals surface area contributed by atoms with Crippen LogP contribution in [-0.4, -0.2) is 60.7 Å². The fraction of sp³-hybridized carbons (Fsp3) is 0.500. The first-order chi connectivity index (χ1) is 11.2. The lowest BCUT2D eigenvalue weighted by molar-refractivity contribution is 0.179. The molecule has 1 aromatic heterocycles. The number of aromatic amines is 1. The van der Waals surface area contributed by atoms with E-state index in [2.05, 4.69) is 32.7 Å². The molecule has 7 heteroatoms. The van der Waals surface area contributed by atoms with Crippen molar-refractivity contribution in [3.8, 4) is 0 Å². The van der Waals surface area contributed by atoms with Gasteiger partial charge in [0, 0.05) is 33.4 Å². The fourth-order valence-corrected chi connectivity index (χ4v) is 2.39. The summed E-state index contributed by atoms with van der Waals surface area (Å²) in [6.07, 6.45) is 2.70. The molecule has 0 radical (unpaired) electrons. The maximum Gasteiger partial charge on any atom is 0.123 e. The van der Waals surface area contributed by atoms with Gasteiger partial charge >= 0.3 is 0 Å². The molecule has 0 aliphatic heterocycles. The molecule has 2 aromatic rings. The summed E-state index contributed by atoms with van der Waals surface area (Å²) in [5.41, 5.74) is 1.75. The van der Waals surface area contributed by atoms with Gasteiger partial charge in [0.15, 0.2) is 0 Å². The highest BCUT2D eigenvalue weighted by Crippen LogP contribution is 2.19. The van der Waals surface area contributed by atoms with Gasteiger partial charge in [-0.25, -0.2) is 4.39 Å². The summed E-state index contributed by atoms with van der Waals surface area (Å²) < 4.78 is 18.2. The highest BCUT2D eigenvalue weighted by Gasteiger charge is 2.16. The van der Waals surface area contributed by atoms with Crippen molar-refractivity contribution in [2.24, 2.45) is 0 Å². The lowest BCUT2D eigenvalue weighted by Crippen LogP contribution is -2.33. The van der Waals surface area contributed by atoms with E-state index in [4.69, 9.17) is 4.74 Å². The number of H-pyrrole nitrogens is 1. The van der Waals surface area contributed by atoms with Crippen molar-refractivity contribution in [3.05, 3.63) is 47.5 Å². The molecule has 126 valence electrons. The summed E-state index contributed by atoms with van der Waals surface area (Å²) in [5.74, 6) is -0.245. The van der Waals surface area contributed by atoms with Gasteiger partial charge in [-0.05, 0) is 31.2 Å².